The van der Waals surface area contributed by atoms with Gasteiger partial charge in [0.2, 0.25) is 0 Å². The summed E-state index contributed by atoms with van der Waals surface area (Å²) < 4.78 is 20.9. The van der Waals surface area contributed by atoms with Crippen LogP contribution in [0.5, 0.6) is 0 Å². The van der Waals surface area contributed by atoms with Crippen LogP contribution in [0.2, 0.25) is 5.02 Å². The zero-order valence-electron chi connectivity index (χ0n) is 7.00. The molecule has 0 saturated carbocycles. The Morgan fingerprint density at radius 1 is 1.21 bits per heavy atom. The molecule has 1 aromatic rings. The first kappa shape index (κ1) is 11.4. The van der Waals surface area contributed by atoms with Gasteiger partial charge in [-0.2, -0.15) is 8.42 Å². The maximum Gasteiger partial charge on any atom is 0.300 e. The molecule has 0 heterocycles. The topological polar surface area (TPSA) is 34.1 Å². The summed E-state index contributed by atoms with van der Waals surface area (Å²) in [6.07, 6.45) is 0.336. The highest BCUT2D eigenvalue weighted by atomic mass is 35.7. The molecule has 0 aliphatic carbocycles. The van der Waals surface area contributed by atoms with E-state index in [1.54, 1.807) is 24.3 Å². The van der Waals surface area contributed by atoms with E-state index in [2.05, 4.69) is 5.92 Å². The van der Waals surface area contributed by atoms with E-state index < -0.39 is 9.05 Å². The van der Waals surface area contributed by atoms with E-state index in [9.17, 15) is 8.42 Å². The first-order valence-corrected chi connectivity index (χ1v) is 6.35. The fourth-order valence-electron chi connectivity index (χ4n) is 0.827. The first-order valence-electron chi connectivity index (χ1n) is 3.66. The molecule has 2 nitrogen and oxygen atoms in total. The van der Waals surface area contributed by atoms with Crippen molar-refractivity contribution in [3.63, 3.8) is 0 Å². The smallest absolute Gasteiger partial charge is 0.198 e. The van der Waals surface area contributed by atoms with Gasteiger partial charge in [-0.1, -0.05) is 29.7 Å². The second-order valence-electron chi connectivity index (χ2n) is 2.52. The van der Waals surface area contributed by atoms with Crippen LogP contribution in [0.25, 0.3) is 0 Å². The number of hydrogen-bond acceptors (Lipinski definition) is 2. The van der Waals surface area contributed by atoms with Crippen LogP contribution >= 0.6 is 22.3 Å². The lowest BCUT2D eigenvalue weighted by atomic mass is 10.2. The molecule has 0 aromatic heterocycles. The predicted octanol–water partition coefficient (Wildman–Crippen LogP) is 2.41. The van der Waals surface area contributed by atoms with Crippen LogP contribution < -0.4 is 0 Å². The molecule has 0 unspecified atom stereocenters. The average molecular weight is 249 g/mol. The third-order valence-electron chi connectivity index (χ3n) is 1.40. The van der Waals surface area contributed by atoms with E-state index in [-0.39, 0.29) is 0 Å². The van der Waals surface area contributed by atoms with Crippen LogP contribution in [0, 0.1) is 11.2 Å². The summed E-state index contributed by atoms with van der Waals surface area (Å²) in [4.78, 5) is 0. The fourth-order valence-corrected chi connectivity index (χ4v) is 1.36. The molecule has 1 aromatic carbocycles. The van der Waals surface area contributed by atoms with Crippen molar-refractivity contribution in [2.75, 3.05) is 0 Å². The number of halogens is 2. The van der Waals surface area contributed by atoms with E-state index in [0.29, 0.717) is 11.4 Å². The summed E-state index contributed by atoms with van der Waals surface area (Å²) in [7, 11) is 1.18. The number of rotatable bonds is 1. The Labute approximate surface area is 92.3 Å². The monoisotopic (exact) mass is 248 g/mol. The van der Waals surface area contributed by atoms with Gasteiger partial charge in [0.25, 0.3) is 0 Å². The van der Waals surface area contributed by atoms with Crippen molar-refractivity contribution in [1.82, 2.24) is 0 Å². The summed E-state index contributed by atoms with van der Waals surface area (Å²) in [5.74, 6) is 2.45. The summed E-state index contributed by atoms with van der Waals surface area (Å²) >= 11 is 5.67. The molecule has 0 saturated heterocycles. The quantitative estimate of drug-likeness (QED) is 0.565. The number of benzene rings is 1. The Morgan fingerprint density at radius 2 is 1.79 bits per heavy atom. The van der Waals surface area contributed by atoms with Gasteiger partial charge in [0.1, 0.15) is 0 Å². The Bertz CT molecular complexity index is 466. The Balaban J connectivity index is 2.70. The van der Waals surface area contributed by atoms with Crippen molar-refractivity contribution >= 4 is 31.3 Å². The minimum absolute atomic E-state index is 0.336. The Morgan fingerprint density at radius 3 is 2.29 bits per heavy atom. The van der Waals surface area contributed by atoms with E-state index >= 15 is 0 Å². The van der Waals surface area contributed by atoms with Crippen molar-refractivity contribution in [1.29, 1.82) is 0 Å². The molecule has 0 aliphatic rings. The molecular formula is C9H6Cl2O2S. The third kappa shape index (κ3) is 4.52. The molecule has 0 fully saturated rings. The van der Waals surface area contributed by atoms with Crippen molar-refractivity contribution in [2.24, 2.45) is 0 Å². The molecule has 0 amide bonds. The highest BCUT2D eigenvalue weighted by Crippen LogP contribution is 2.09. The van der Waals surface area contributed by atoms with Gasteiger partial charge in [-0.3, -0.25) is 0 Å². The molecular weight excluding hydrogens is 243 g/mol. The first-order chi connectivity index (χ1) is 6.47. The fraction of sp³-hybridized carbons (Fsp3) is 0.111. The van der Waals surface area contributed by atoms with Gasteiger partial charge < -0.3 is 0 Å². The van der Waals surface area contributed by atoms with Gasteiger partial charge >= 0.3 is 9.05 Å². The van der Waals surface area contributed by atoms with E-state index in [4.69, 9.17) is 22.3 Å². The van der Waals surface area contributed by atoms with Gasteiger partial charge in [-0.25, -0.2) is 0 Å². The van der Waals surface area contributed by atoms with Crippen LogP contribution in [0.3, 0.4) is 0 Å². The second-order valence-corrected chi connectivity index (χ2v) is 5.26. The average Bonchev–Trinajstić information content (AvgIpc) is 2.06. The minimum Gasteiger partial charge on any atom is -0.198 e. The molecule has 0 N–H and O–H groups in total. The molecule has 0 radical (unpaired) electrons. The summed E-state index contributed by atoms with van der Waals surface area (Å²) in [6.45, 7) is 0. The van der Waals surface area contributed by atoms with Gasteiger partial charge in [0.05, 0.1) is 0 Å². The summed E-state index contributed by atoms with van der Waals surface area (Å²) in [5.41, 5.74) is 0.891. The number of hydrogen-bond donors (Lipinski definition) is 0. The van der Waals surface area contributed by atoms with E-state index in [1.165, 1.54) is 0 Å². The lowest BCUT2D eigenvalue weighted by Crippen LogP contribution is -1.83. The molecule has 14 heavy (non-hydrogen) atoms. The normalized spacial score (nSPS) is 10.4. The van der Waals surface area contributed by atoms with Crippen molar-refractivity contribution < 1.29 is 8.42 Å². The maximum absolute atomic E-state index is 10.4. The molecule has 0 atom stereocenters. The predicted molar refractivity (Wildman–Crippen MR) is 57.7 cm³/mol. The standard InChI is InChI=1S/C9H6Cl2O2S/c10-9-5-3-8(4-6-9)2-1-7-14(11,12)13/h3-6H,2H2. The van der Waals surface area contributed by atoms with Crippen LogP contribution in [-0.4, -0.2) is 8.42 Å². The molecule has 0 aliphatic heterocycles. The zero-order chi connectivity index (χ0) is 10.6. The highest BCUT2D eigenvalue weighted by molar-refractivity contribution is 8.17. The second kappa shape index (κ2) is 4.70. The SMILES string of the molecule is O=S(=O)(Cl)C#CCc1ccc(Cl)cc1. The zero-order valence-corrected chi connectivity index (χ0v) is 9.33. The van der Waals surface area contributed by atoms with E-state index in [0.717, 1.165) is 5.56 Å². The van der Waals surface area contributed by atoms with Gasteiger partial charge in [0.15, 0.2) is 0 Å². The minimum atomic E-state index is -3.72. The summed E-state index contributed by atoms with van der Waals surface area (Å²) in [6, 6.07) is 6.98. The van der Waals surface area contributed by atoms with Gasteiger partial charge in [-0.05, 0) is 17.7 Å². The maximum atomic E-state index is 10.4. The molecule has 0 bridgehead atoms. The third-order valence-corrected chi connectivity index (χ3v) is 2.27. The van der Waals surface area contributed by atoms with Crippen molar-refractivity contribution in [2.45, 2.75) is 6.42 Å². The van der Waals surface area contributed by atoms with E-state index in [1.807, 2.05) is 5.25 Å². The van der Waals surface area contributed by atoms with Crippen molar-refractivity contribution in [3.05, 3.63) is 34.9 Å². The van der Waals surface area contributed by atoms with Gasteiger partial charge in [0, 0.05) is 27.4 Å². The van der Waals surface area contributed by atoms with Crippen LogP contribution in [0.1, 0.15) is 5.56 Å². The van der Waals surface area contributed by atoms with Crippen molar-refractivity contribution in [3.8, 4) is 11.2 Å². The molecule has 1 rings (SSSR count). The lowest BCUT2D eigenvalue weighted by molar-refractivity contribution is 0.618. The Kier molecular flexibility index (Phi) is 3.82. The summed E-state index contributed by atoms with van der Waals surface area (Å²) in [5, 5.41) is 2.57. The molecule has 74 valence electrons. The van der Waals surface area contributed by atoms with Crippen LogP contribution in [0.4, 0.5) is 0 Å². The lowest BCUT2D eigenvalue weighted by Gasteiger charge is -1.93. The van der Waals surface area contributed by atoms with Crippen LogP contribution in [0.15, 0.2) is 24.3 Å². The highest BCUT2D eigenvalue weighted by Gasteiger charge is 1.95. The molecule has 0 spiro atoms. The largest absolute Gasteiger partial charge is 0.300 e. The van der Waals surface area contributed by atoms with Gasteiger partial charge in [-0.15, -0.1) is 0 Å². The molecule has 5 heteroatoms. The van der Waals surface area contributed by atoms with Crippen LogP contribution in [-0.2, 0) is 15.5 Å². The Hall–Kier alpha value is -0.690.